The molecule has 0 aromatic carbocycles. The number of alkyl halides is 3. The summed E-state index contributed by atoms with van der Waals surface area (Å²) in [6.45, 7) is 4.18. The molecule has 3 nitrogen and oxygen atoms in total. The predicted octanol–water partition coefficient (Wildman–Crippen LogP) is 2.28. The van der Waals surface area contributed by atoms with E-state index in [4.69, 9.17) is 0 Å². The Morgan fingerprint density at radius 2 is 2.00 bits per heavy atom. The first-order chi connectivity index (χ1) is 7.73. The summed E-state index contributed by atoms with van der Waals surface area (Å²) in [6.07, 6.45) is -3.08. The first-order valence-corrected chi connectivity index (χ1v) is 5.89. The van der Waals surface area contributed by atoms with Crippen LogP contribution in [0.4, 0.5) is 13.2 Å². The van der Waals surface area contributed by atoms with Gasteiger partial charge in [-0.3, -0.25) is 10.1 Å². The molecule has 1 heterocycles. The van der Waals surface area contributed by atoms with Gasteiger partial charge in [-0.05, 0) is 19.8 Å². The molecule has 0 aromatic rings. The molecule has 2 atom stereocenters. The summed E-state index contributed by atoms with van der Waals surface area (Å²) in [5, 5.41) is 3.02. The molecule has 0 spiro atoms. The van der Waals surface area contributed by atoms with Crippen LogP contribution in [0.15, 0.2) is 0 Å². The van der Waals surface area contributed by atoms with Crippen molar-refractivity contribution in [3.05, 3.63) is 0 Å². The Morgan fingerprint density at radius 1 is 1.41 bits per heavy atom. The van der Waals surface area contributed by atoms with Crippen molar-refractivity contribution in [3.8, 4) is 0 Å². The second kappa shape index (κ2) is 4.84. The van der Waals surface area contributed by atoms with Gasteiger partial charge in [0, 0.05) is 0 Å². The smallest absolute Gasteiger partial charge is 0.316 e. The van der Waals surface area contributed by atoms with Gasteiger partial charge >= 0.3 is 6.18 Å². The molecule has 0 aliphatic carbocycles. The van der Waals surface area contributed by atoms with Crippen LogP contribution < -0.4 is 5.32 Å². The summed E-state index contributed by atoms with van der Waals surface area (Å²) in [5.41, 5.74) is -0.856. The minimum Gasteiger partial charge on any atom is -0.316 e. The largest absolute Gasteiger partial charge is 0.406 e. The lowest BCUT2D eigenvalue weighted by atomic mass is 9.99. The number of rotatable bonds is 4. The molecule has 2 unspecified atom stereocenters. The van der Waals surface area contributed by atoms with Crippen LogP contribution in [-0.2, 0) is 4.79 Å². The number of nitrogens with one attached hydrogen (secondary N) is 1. The van der Waals surface area contributed by atoms with Gasteiger partial charge in [0.1, 0.15) is 6.54 Å². The molecule has 0 aromatic heterocycles. The molecule has 1 aliphatic heterocycles. The summed E-state index contributed by atoms with van der Waals surface area (Å²) in [5.74, 6) is -0.448. The summed E-state index contributed by atoms with van der Waals surface area (Å²) >= 11 is 0. The molecule has 17 heavy (non-hydrogen) atoms. The van der Waals surface area contributed by atoms with Gasteiger partial charge in [0.25, 0.3) is 0 Å². The van der Waals surface area contributed by atoms with Crippen LogP contribution in [0.2, 0.25) is 0 Å². The Kier molecular flexibility index (Phi) is 4.06. The third kappa shape index (κ3) is 3.12. The van der Waals surface area contributed by atoms with Crippen molar-refractivity contribution in [2.24, 2.45) is 0 Å². The van der Waals surface area contributed by atoms with Gasteiger partial charge in [-0.2, -0.15) is 13.2 Å². The maximum absolute atomic E-state index is 12.4. The predicted molar refractivity (Wildman–Crippen MR) is 58.3 cm³/mol. The van der Waals surface area contributed by atoms with Gasteiger partial charge in [-0.15, -0.1) is 0 Å². The van der Waals surface area contributed by atoms with E-state index in [1.807, 2.05) is 6.92 Å². The van der Waals surface area contributed by atoms with Crippen molar-refractivity contribution in [1.82, 2.24) is 10.2 Å². The number of nitrogens with zero attached hydrogens (tertiary/aromatic N) is 1. The fourth-order valence-electron chi connectivity index (χ4n) is 2.10. The zero-order valence-electron chi connectivity index (χ0n) is 10.4. The molecule has 1 amide bonds. The molecule has 100 valence electrons. The second-order valence-corrected chi connectivity index (χ2v) is 4.68. The third-order valence-electron chi connectivity index (χ3n) is 3.21. The Bertz CT molecular complexity index is 293. The SMILES string of the molecule is CCCC1NC(C)(CC)C(=O)N1CC(F)(F)F. The van der Waals surface area contributed by atoms with Crippen molar-refractivity contribution in [2.75, 3.05) is 6.54 Å². The lowest BCUT2D eigenvalue weighted by Gasteiger charge is -2.24. The zero-order valence-corrected chi connectivity index (χ0v) is 10.4. The molecule has 0 bridgehead atoms. The fraction of sp³-hybridized carbons (Fsp3) is 0.909. The van der Waals surface area contributed by atoms with Gasteiger partial charge in [0.05, 0.1) is 11.7 Å². The minimum absolute atomic E-state index is 0.448. The van der Waals surface area contributed by atoms with E-state index in [1.54, 1.807) is 13.8 Å². The third-order valence-corrected chi connectivity index (χ3v) is 3.21. The van der Waals surface area contributed by atoms with Crippen molar-refractivity contribution in [2.45, 2.75) is 57.9 Å². The number of halogens is 3. The fourth-order valence-corrected chi connectivity index (χ4v) is 2.10. The number of carbonyl (C=O) groups excluding carboxylic acids is 1. The van der Waals surface area contributed by atoms with Crippen molar-refractivity contribution in [3.63, 3.8) is 0 Å². The maximum atomic E-state index is 12.4. The maximum Gasteiger partial charge on any atom is 0.406 e. The Labute approximate surface area is 99.4 Å². The zero-order chi connectivity index (χ0) is 13.3. The summed E-state index contributed by atoms with van der Waals surface area (Å²) in [4.78, 5) is 12.9. The molecule has 1 rings (SSSR count). The lowest BCUT2D eigenvalue weighted by molar-refractivity contribution is -0.162. The van der Waals surface area contributed by atoms with E-state index in [9.17, 15) is 18.0 Å². The first kappa shape index (κ1) is 14.3. The lowest BCUT2D eigenvalue weighted by Crippen LogP contribution is -2.44. The van der Waals surface area contributed by atoms with Gasteiger partial charge in [0.2, 0.25) is 5.91 Å². The summed E-state index contributed by atoms with van der Waals surface area (Å²) in [6, 6.07) is 0. The molecular formula is C11H19F3N2O. The average molecular weight is 252 g/mol. The number of hydrogen-bond donors (Lipinski definition) is 1. The topological polar surface area (TPSA) is 32.3 Å². The van der Waals surface area contributed by atoms with E-state index in [0.717, 1.165) is 11.3 Å². The molecule has 1 N–H and O–H groups in total. The number of hydrogen-bond acceptors (Lipinski definition) is 2. The molecule has 1 fully saturated rings. The van der Waals surface area contributed by atoms with Crippen LogP contribution in [0.3, 0.4) is 0 Å². The van der Waals surface area contributed by atoms with Crippen molar-refractivity contribution >= 4 is 5.91 Å². The van der Waals surface area contributed by atoms with Crippen LogP contribution in [0.5, 0.6) is 0 Å². The van der Waals surface area contributed by atoms with Crippen molar-refractivity contribution < 1.29 is 18.0 Å². The van der Waals surface area contributed by atoms with Gasteiger partial charge in [-0.1, -0.05) is 20.3 Å². The minimum atomic E-state index is -4.34. The molecule has 1 aliphatic rings. The van der Waals surface area contributed by atoms with Gasteiger partial charge in [-0.25, -0.2) is 0 Å². The molecular weight excluding hydrogens is 233 g/mol. The van der Waals surface area contributed by atoms with Gasteiger partial charge in [0.15, 0.2) is 0 Å². The standard InChI is InChI=1S/C11H19F3N2O/c1-4-6-8-15-10(3,5-2)9(17)16(8)7-11(12,13)14/h8,15H,4-7H2,1-3H3. The quantitative estimate of drug-likeness (QED) is 0.832. The van der Waals surface area contributed by atoms with Crippen LogP contribution >= 0.6 is 0 Å². The highest BCUT2D eigenvalue weighted by Crippen LogP contribution is 2.29. The number of amides is 1. The van der Waals surface area contributed by atoms with E-state index in [-0.39, 0.29) is 0 Å². The van der Waals surface area contributed by atoms with E-state index in [1.165, 1.54) is 0 Å². The Hall–Kier alpha value is -0.780. The highest BCUT2D eigenvalue weighted by molar-refractivity contribution is 5.88. The molecule has 6 heteroatoms. The molecule has 1 saturated heterocycles. The van der Waals surface area contributed by atoms with Gasteiger partial charge < -0.3 is 4.90 Å². The number of carbonyl (C=O) groups is 1. The van der Waals surface area contributed by atoms with E-state index < -0.39 is 30.3 Å². The first-order valence-electron chi connectivity index (χ1n) is 5.89. The van der Waals surface area contributed by atoms with E-state index in [2.05, 4.69) is 5.32 Å². The van der Waals surface area contributed by atoms with Crippen LogP contribution in [0.25, 0.3) is 0 Å². The normalized spacial score (nSPS) is 30.1. The summed E-state index contributed by atoms with van der Waals surface area (Å²) < 4.78 is 37.3. The average Bonchev–Trinajstić information content (AvgIpc) is 2.43. The van der Waals surface area contributed by atoms with Crippen LogP contribution in [0.1, 0.15) is 40.0 Å². The molecule has 0 saturated carbocycles. The highest BCUT2D eigenvalue weighted by Gasteiger charge is 2.49. The second-order valence-electron chi connectivity index (χ2n) is 4.68. The van der Waals surface area contributed by atoms with Crippen molar-refractivity contribution in [1.29, 1.82) is 0 Å². The Morgan fingerprint density at radius 3 is 2.41 bits per heavy atom. The van der Waals surface area contributed by atoms with E-state index >= 15 is 0 Å². The van der Waals surface area contributed by atoms with E-state index in [0.29, 0.717) is 12.8 Å². The highest BCUT2D eigenvalue weighted by atomic mass is 19.4. The van der Waals surface area contributed by atoms with Crippen LogP contribution in [-0.4, -0.2) is 35.2 Å². The Balaban J connectivity index is 2.87. The summed E-state index contributed by atoms with van der Waals surface area (Å²) in [7, 11) is 0. The van der Waals surface area contributed by atoms with Crippen LogP contribution in [0, 0.1) is 0 Å². The molecule has 0 radical (unpaired) electrons. The monoisotopic (exact) mass is 252 g/mol.